The van der Waals surface area contributed by atoms with Crippen LogP contribution in [0.5, 0.6) is 11.5 Å². The Hall–Kier alpha value is -2.04. The minimum Gasteiger partial charge on any atom is -0.493 e. The maximum atomic E-state index is 6.41. The monoisotopic (exact) mass is 639 g/mol. The van der Waals surface area contributed by atoms with E-state index in [-0.39, 0.29) is 0 Å². The van der Waals surface area contributed by atoms with Gasteiger partial charge in [0.2, 0.25) is 0 Å². The van der Waals surface area contributed by atoms with Crippen LogP contribution in [0.3, 0.4) is 0 Å². The second kappa shape index (κ2) is 24.2. The molecule has 0 bridgehead atoms. The summed E-state index contributed by atoms with van der Waals surface area (Å²) in [4.78, 5) is 0. The normalized spacial score (nSPS) is 12.0. The zero-order chi connectivity index (χ0) is 33.4. The topological polar surface area (TPSA) is 18.5 Å². The van der Waals surface area contributed by atoms with E-state index >= 15 is 0 Å². The second-order valence-corrected chi connectivity index (χ2v) is 15.1. The number of ether oxygens (including phenoxy) is 2. The second-order valence-electron chi connectivity index (χ2n) is 15.1. The predicted molar refractivity (Wildman–Crippen MR) is 201 cm³/mol. The molecule has 262 valence electrons. The first kappa shape index (κ1) is 40.1. The zero-order valence-electron chi connectivity index (χ0n) is 31.3. The van der Waals surface area contributed by atoms with Gasteiger partial charge in [0, 0.05) is 24.0 Å². The highest BCUT2D eigenvalue weighted by molar-refractivity contribution is 5.75. The molecule has 0 spiro atoms. The molecular weight excluding hydrogens is 564 g/mol. The molecule has 0 aliphatic rings. The van der Waals surface area contributed by atoms with Crippen molar-refractivity contribution < 1.29 is 18.4 Å². The van der Waals surface area contributed by atoms with Crippen LogP contribution in [-0.2, 0) is 0 Å². The van der Waals surface area contributed by atoms with Crippen LogP contribution in [0.2, 0.25) is 0 Å². The van der Waals surface area contributed by atoms with Crippen molar-refractivity contribution in [3.8, 4) is 22.6 Å². The number of nitrogens with zero attached hydrogens (tertiary/aromatic N) is 2. The molecule has 2 aromatic rings. The Morgan fingerprint density at radius 3 is 1.07 bits per heavy atom. The lowest BCUT2D eigenvalue weighted by Crippen LogP contribution is -2.41. The third-order valence-electron chi connectivity index (χ3n) is 9.63. The highest BCUT2D eigenvalue weighted by Crippen LogP contribution is 2.36. The number of unbranched alkanes of at least 4 members (excludes halogenated alkanes) is 14. The van der Waals surface area contributed by atoms with E-state index in [2.05, 4.69) is 90.6 Å². The van der Waals surface area contributed by atoms with Crippen LogP contribution in [0, 0.1) is 0 Å². The van der Waals surface area contributed by atoms with Crippen molar-refractivity contribution >= 4 is 0 Å². The third-order valence-corrected chi connectivity index (χ3v) is 9.63. The standard InChI is InChI=1S/C42H74N2O2/c1-7-9-11-13-15-17-19-25-33-43(3,4)35-27-37-45-41-31-23-21-29-39(41)40-30-22-24-32-42(40)46-38-28-36-44(5,6)34-26-20-18-16-14-12-10-8-2/h21-24,29-32H,7-20,25-28,33-38H2,1-6H3/q+2. The molecule has 0 amide bonds. The summed E-state index contributed by atoms with van der Waals surface area (Å²) in [5.74, 6) is 1.91. The molecule has 2 rings (SSSR count). The first-order valence-corrected chi connectivity index (χ1v) is 19.4. The Morgan fingerprint density at radius 2 is 0.696 bits per heavy atom. The van der Waals surface area contributed by atoms with Gasteiger partial charge in [-0.2, -0.15) is 0 Å². The average molecular weight is 639 g/mol. The van der Waals surface area contributed by atoms with Crippen LogP contribution in [-0.4, -0.2) is 76.5 Å². The van der Waals surface area contributed by atoms with Crippen molar-refractivity contribution in [2.75, 3.05) is 67.6 Å². The first-order chi connectivity index (χ1) is 22.3. The molecule has 0 fully saturated rings. The maximum absolute atomic E-state index is 6.41. The van der Waals surface area contributed by atoms with Crippen LogP contribution in [0.4, 0.5) is 0 Å². The van der Waals surface area contributed by atoms with Crippen molar-refractivity contribution in [3.05, 3.63) is 48.5 Å². The van der Waals surface area contributed by atoms with Crippen molar-refractivity contribution in [1.29, 1.82) is 0 Å². The van der Waals surface area contributed by atoms with Gasteiger partial charge >= 0.3 is 0 Å². The molecule has 4 heteroatoms. The fourth-order valence-electron chi connectivity index (χ4n) is 6.55. The minimum absolute atomic E-state index is 0.741. The molecule has 0 saturated carbocycles. The summed E-state index contributed by atoms with van der Waals surface area (Å²) in [6, 6.07) is 16.9. The lowest BCUT2D eigenvalue weighted by molar-refractivity contribution is -0.890. The van der Waals surface area contributed by atoms with Gasteiger partial charge in [0.1, 0.15) is 11.5 Å². The molecule has 46 heavy (non-hydrogen) atoms. The molecule has 0 saturated heterocycles. The van der Waals surface area contributed by atoms with E-state index in [4.69, 9.17) is 9.47 Å². The Bertz CT molecular complexity index is 937. The summed E-state index contributed by atoms with van der Waals surface area (Å²) in [6.07, 6.45) is 24.2. The lowest BCUT2D eigenvalue weighted by Gasteiger charge is -2.30. The molecule has 0 N–H and O–H groups in total. The quantitative estimate of drug-likeness (QED) is 0.0652. The van der Waals surface area contributed by atoms with Gasteiger partial charge in [-0.3, -0.25) is 0 Å². The van der Waals surface area contributed by atoms with Gasteiger partial charge in [0.15, 0.2) is 0 Å². The van der Waals surface area contributed by atoms with E-state index < -0.39 is 0 Å². The number of quaternary nitrogens is 2. The SMILES string of the molecule is CCCCCCCCCC[N+](C)(C)CCCOc1ccccc1-c1ccccc1OCCC[N+](C)(C)CCCCCCCCCC. The van der Waals surface area contributed by atoms with Crippen LogP contribution in [0.1, 0.15) is 129 Å². The Balaban J connectivity index is 1.74. The largest absolute Gasteiger partial charge is 0.493 e. The Labute approximate surface area is 286 Å². The van der Waals surface area contributed by atoms with E-state index in [1.807, 2.05) is 0 Å². The van der Waals surface area contributed by atoms with Gasteiger partial charge < -0.3 is 18.4 Å². The van der Waals surface area contributed by atoms with Crippen molar-refractivity contribution in [2.45, 2.75) is 129 Å². The predicted octanol–water partition coefficient (Wildman–Crippen LogP) is 11.3. The van der Waals surface area contributed by atoms with Crippen molar-refractivity contribution in [3.63, 3.8) is 0 Å². The molecule has 0 aliphatic heterocycles. The Morgan fingerprint density at radius 1 is 0.391 bits per heavy atom. The van der Waals surface area contributed by atoms with Crippen molar-refractivity contribution in [2.24, 2.45) is 0 Å². The summed E-state index contributed by atoms with van der Waals surface area (Å²) in [5, 5.41) is 0. The molecule has 0 radical (unpaired) electrons. The zero-order valence-corrected chi connectivity index (χ0v) is 31.3. The average Bonchev–Trinajstić information content (AvgIpc) is 3.04. The van der Waals surface area contributed by atoms with Crippen LogP contribution < -0.4 is 9.47 Å². The number of benzene rings is 2. The van der Waals surface area contributed by atoms with Gasteiger partial charge in [-0.15, -0.1) is 0 Å². The molecule has 2 aromatic carbocycles. The maximum Gasteiger partial charge on any atom is 0.127 e. The molecule has 0 atom stereocenters. The minimum atomic E-state index is 0.741. The van der Waals surface area contributed by atoms with E-state index in [9.17, 15) is 0 Å². The molecule has 4 nitrogen and oxygen atoms in total. The van der Waals surface area contributed by atoms with Crippen molar-refractivity contribution in [1.82, 2.24) is 0 Å². The van der Waals surface area contributed by atoms with E-state index in [0.717, 1.165) is 70.7 Å². The third kappa shape index (κ3) is 18.3. The van der Waals surface area contributed by atoms with Gasteiger partial charge in [0.05, 0.1) is 67.6 Å². The summed E-state index contributed by atoms with van der Waals surface area (Å²) < 4.78 is 15.0. The lowest BCUT2D eigenvalue weighted by atomic mass is 10.0. The number of rotatable bonds is 29. The fraction of sp³-hybridized carbons (Fsp3) is 0.714. The first-order valence-electron chi connectivity index (χ1n) is 19.4. The van der Waals surface area contributed by atoms with Gasteiger partial charge in [-0.1, -0.05) is 127 Å². The van der Waals surface area contributed by atoms with Gasteiger partial charge in [-0.25, -0.2) is 0 Å². The smallest absolute Gasteiger partial charge is 0.127 e. The van der Waals surface area contributed by atoms with Crippen LogP contribution in [0.25, 0.3) is 11.1 Å². The molecule has 0 heterocycles. The van der Waals surface area contributed by atoms with E-state index in [0.29, 0.717) is 0 Å². The summed E-state index contributed by atoms with van der Waals surface area (Å²) in [5.41, 5.74) is 2.24. The van der Waals surface area contributed by atoms with Crippen LogP contribution in [0.15, 0.2) is 48.5 Å². The molecule has 0 aliphatic carbocycles. The summed E-state index contributed by atoms with van der Waals surface area (Å²) in [7, 11) is 9.50. The number of hydrogen-bond acceptors (Lipinski definition) is 2. The molecule has 0 unspecified atom stereocenters. The van der Waals surface area contributed by atoms with Crippen LogP contribution >= 0.6 is 0 Å². The summed E-state index contributed by atoms with van der Waals surface area (Å²) >= 11 is 0. The number of hydrogen-bond donors (Lipinski definition) is 0. The van der Waals surface area contributed by atoms with E-state index in [1.54, 1.807) is 0 Å². The molecular formula is C42H74N2O2+2. The van der Waals surface area contributed by atoms with Gasteiger partial charge in [0.25, 0.3) is 0 Å². The Kier molecular flexibility index (Phi) is 21.1. The molecule has 0 aromatic heterocycles. The fourth-order valence-corrected chi connectivity index (χ4v) is 6.55. The summed E-state index contributed by atoms with van der Waals surface area (Å²) in [6.45, 7) is 10.9. The number of para-hydroxylation sites is 2. The van der Waals surface area contributed by atoms with E-state index in [1.165, 1.54) is 116 Å². The van der Waals surface area contributed by atoms with Gasteiger partial charge in [-0.05, 0) is 37.8 Å². The highest BCUT2D eigenvalue weighted by Gasteiger charge is 2.17. The highest BCUT2D eigenvalue weighted by atomic mass is 16.5.